The highest BCUT2D eigenvalue weighted by Crippen LogP contribution is 2.45. The van der Waals surface area contributed by atoms with Gasteiger partial charge in [-0.2, -0.15) is 0 Å². The van der Waals surface area contributed by atoms with Crippen LogP contribution in [0.1, 0.15) is 60.6 Å². The Hall–Kier alpha value is -6.20. The molecule has 0 radical (unpaired) electrons. The first-order valence-corrected chi connectivity index (χ1v) is 21.8. The molecule has 2 saturated heterocycles. The van der Waals surface area contributed by atoms with Crippen molar-refractivity contribution in [3.05, 3.63) is 136 Å². The molecule has 3 aliphatic rings. The molecular weight excluding hydrogens is 761 g/mol. The Labute approximate surface area is 358 Å². The van der Waals surface area contributed by atoms with E-state index >= 15 is 0 Å². The Morgan fingerprint density at radius 2 is 1.62 bits per heavy atom. The molecule has 2 aliphatic heterocycles. The van der Waals surface area contributed by atoms with Crippen LogP contribution in [-0.4, -0.2) is 95.9 Å². The number of piperidine rings is 1. The van der Waals surface area contributed by atoms with Crippen molar-refractivity contribution in [2.24, 2.45) is 0 Å². The molecule has 2 fully saturated rings. The van der Waals surface area contributed by atoms with Crippen LogP contribution in [0.5, 0.6) is 0 Å². The molecule has 9 rings (SSSR count). The largest absolute Gasteiger partial charge is 0.448 e. The second kappa shape index (κ2) is 17.0. The molecule has 0 saturated carbocycles. The summed E-state index contributed by atoms with van der Waals surface area (Å²) in [6.45, 7) is 14.2. The average molecular weight is 817 g/mol. The molecule has 0 bridgehead atoms. The number of carbonyl (C=O) groups excluding carboxylic acids is 1. The molecule has 2 N–H and O–H groups in total. The van der Waals surface area contributed by atoms with E-state index in [1.54, 1.807) is 0 Å². The van der Waals surface area contributed by atoms with Crippen molar-refractivity contribution >= 4 is 34.2 Å². The molecule has 11 nitrogen and oxygen atoms in total. The fourth-order valence-corrected chi connectivity index (χ4v) is 9.87. The molecule has 2 atom stereocenters. The van der Waals surface area contributed by atoms with Crippen LogP contribution in [0.2, 0.25) is 0 Å². The van der Waals surface area contributed by atoms with Crippen LogP contribution >= 0.6 is 0 Å². The number of aryl methyl sites for hydroxylation is 2. The molecule has 1 aliphatic carbocycles. The third-order valence-electron chi connectivity index (χ3n) is 13.2. The van der Waals surface area contributed by atoms with E-state index in [-0.39, 0.29) is 29.7 Å². The van der Waals surface area contributed by atoms with Gasteiger partial charge >= 0.3 is 6.09 Å². The highest BCUT2D eigenvalue weighted by Gasteiger charge is 2.35. The molecule has 2 unspecified atom stereocenters. The number of fused-ring (bicyclic) bond motifs is 4. The number of nitrogens with zero attached hydrogens (tertiary/aromatic N) is 6. The van der Waals surface area contributed by atoms with Gasteiger partial charge in [-0.05, 0) is 117 Å². The fourth-order valence-electron chi connectivity index (χ4n) is 9.87. The number of benzene rings is 3. The number of piperazine rings is 1. The number of aromatic nitrogens is 3. The fraction of sp³-hybridized carbons (Fsp3) is 0.360. The standard InChI is InChI=1S/C50H56N8O3/c1-6-57(37-18-20-58(34(4)26-37)50(60)61-31-45-40-13-9-7-11-38(40)39-12-8-10-14-41(39)45)46-28-36(35-15-16-47(52-29-35)56-23-21-55(5)22-24-56)27-43-42(46)17-19-51-48(43)53-30-44-32(2)25-33(3)54-49(44)59/h7-17,19,25,27-29,34,37,45H,6,18,20-24,26,30-31H2,1-5H3,(H,51,53)(H,54,59). The van der Waals surface area contributed by atoms with Crippen molar-refractivity contribution in [3.63, 3.8) is 0 Å². The van der Waals surface area contributed by atoms with Crippen LogP contribution < -0.4 is 20.7 Å². The summed E-state index contributed by atoms with van der Waals surface area (Å²) in [5.74, 6) is 1.73. The Balaban J connectivity index is 0.982. The lowest BCUT2D eigenvalue weighted by Gasteiger charge is -2.43. The second-order valence-corrected chi connectivity index (χ2v) is 17.1. The number of anilines is 3. The van der Waals surface area contributed by atoms with Gasteiger partial charge in [0.15, 0.2) is 0 Å². The molecule has 5 heterocycles. The number of nitrogens with one attached hydrogen (secondary N) is 2. The maximum atomic E-state index is 13.8. The molecule has 3 aromatic carbocycles. The molecule has 11 heteroatoms. The lowest BCUT2D eigenvalue weighted by atomic mass is 9.94. The van der Waals surface area contributed by atoms with Crippen molar-refractivity contribution in [1.82, 2.24) is 24.8 Å². The number of aromatic amines is 1. The number of pyridine rings is 3. The third kappa shape index (κ3) is 7.94. The summed E-state index contributed by atoms with van der Waals surface area (Å²) in [6.07, 6.45) is 5.20. The summed E-state index contributed by atoms with van der Waals surface area (Å²) in [6, 6.07) is 30.0. The predicted octanol–water partition coefficient (Wildman–Crippen LogP) is 8.59. The lowest BCUT2D eigenvalue weighted by molar-refractivity contribution is 0.0715. The number of hydrogen-bond acceptors (Lipinski definition) is 9. The van der Waals surface area contributed by atoms with E-state index in [2.05, 4.69) is 125 Å². The minimum absolute atomic E-state index is 0.0149. The Morgan fingerprint density at radius 3 is 2.30 bits per heavy atom. The first-order valence-electron chi connectivity index (χ1n) is 21.8. The van der Waals surface area contributed by atoms with E-state index in [9.17, 15) is 9.59 Å². The van der Waals surface area contributed by atoms with Crippen molar-refractivity contribution in [2.45, 2.75) is 65.1 Å². The van der Waals surface area contributed by atoms with E-state index in [0.717, 1.165) is 96.0 Å². The summed E-state index contributed by atoms with van der Waals surface area (Å²) in [7, 11) is 2.16. The first-order chi connectivity index (χ1) is 29.7. The van der Waals surface area contributed by atoms with Crippen molar-refractivity contribution in [2.75, 3.05) is 68.0 Å². The van der Waals surface area contributed by atoms with Gasteiger partial charge in [0.1, 0.15) is 18.2 Å². The van der Waals surface area contributed by atoms with Gasteiger partial charge < -0.3 is 34.6 Å². The van der Waals surface area contributed by atoms with E-state index in [1.807, 2.05) is 37.2 Å². The smallest absolute Gasteiger partial charge is 0.410 e. The van der Waals surface area contributed by atoms with Crippen LogP contribution in [0.15, 0.2) is 102 Å². The van der Waals surface area contributed by atoms with Gasteiger partial charge in [-0.25, -0.2) is 14.8 Å². The first kappa shape index (κ1) is 40.2. The van der Waals surface area contributed by atoms with Crippen LogP contribution in [0, 0.1) is 13.8 Å². The highest BCUT2D eigenvalue weighted by atomic mass is 16.6. The zero-order valence-electron chi connectivity index (χ0n) is 35.9. The molecule has 0 spiro atoms. The summed E-state index contributed by atoms with van der Waals surface area (Å²) >= 11 is 0. The van der Waals surface area contributed by atoms with Crippen molar-refractivity contribution < 1.29 is 9.53 Å². The Kier molecular flexibility index (Phi) is 11.2. The SMILES string of the molecule is CCN(c1cc(-c2ccc(N3CCN(C)CC3)nc2)cc2c(NCc3c(C)cc(C)[nH]c3=O)nccc12)C1CCN(C(=O)OCC2c3ccccc3-c3ccccc32)C(C)C1. The topological polar surface area (TPSA) is 110 Å². The van der Waals surface area contributed by atoms with Gasteiger partial charge in [-0.3, -0.25) is 4.79 Å². The predicted molar refractivity (Wildman–Crippen MR) is 246 cm³/mol. The summed E-state index contributed by atoms with van der Waals surface area (Å²) in [4.78, 5) is 48.7. The Bertz CT molecular complexity index is 2570. The number of H-pyrrole nitrogens is 1. The minimum atomic E-state index is -0.250. The van der Waals surface area contributed by atoms with Crippen LogP contribution in [0.3, 0.4) is 0 Å². The maximum absolute atomic E-state index is 13.8. The molecular formula is C50H56N8O3. The molecule has 6 aromatic rings. The zero-order valence-corrected chi connectivity index (χ0v) is 35.9. The molecule has 61 heavy (non-hydrogen) atoms. The van der Waals surface area contributed by atoms with Crippen LogP contribution in [-0.2, 0) is 11.3 Å². The number of ether oxygens (including phenoxy) is 1. The summed E-state index contributed by atoms with van der Waals surface area (Å²) in [5, 5.41) is 5.59. The Morgan fingerprint density at radius 1 is 0.885 bits per heavy atom. The zero-order chi connectivity index (χ0) is 42.2. The molecule has 1 amide bonds. The van der Waals surface area contributed by atoms with Gasteiger partial charge in [-0.1, -0.05) is 48.5 Å². The van der Waals surface area contributed by atoms with Crippen LogP contribution in [0.25, 0.3) is 33.0 Å². The van der Waals surface area contributed by atoms with Gasteiger partial charge in [0.2, 0.25) is 0 Å². The average Bonchev–Trinajstić information content (AvgIpc) is 3.59. The summed E-state index contributed by atoms with van der Waals surface area (Å²) < 4.78 is 6.15. The summed E-state index contributed by atoms with van der Waals surface area (Å²) in [5.41, 5.74) is 10.4. The van der Waals surface area contributed by atoms with Gasteiger partial charge in [0.05, 0.1) is 0 Å². The van der Waals surface area contributed by atoms with E-state index in [1.165, 1.54) is 22.3 Å². The minimum Gasteiger partial charge on any atom is -0.448 e. The number of carbonyl (C=O) groups is 1. The normalized spacial score (nSPS) is 17.9. The molecule has 314 valence electrons. The number of rotatable bonds is 10. The second-order valence-electron chi connectivity index (χ2n) is 17.1. The number of likely N-dealkylation sites (N-methyl/N-ethyl adjacent to an activating group) is 1. The number of hydrogen-bond donors (Lipinski definition) is 2. The monoisotopic (exact) mass is 816 g/mol. The van der Waals surface area contributed by atoms with Gasteiger partial charge in [-0.15, -0.1) is 0 Å². The third-order valence-corrected chi connectivity index (χ3v) is 13.2. The van der Waals surface area contributed by atoms with E-state index < -0.39 is 0 Å². The maximum Gasteiger partial charge on any atom is 0.410 e. The van der Waals surface area contributed by atoms with E-state index in [4.69, 9.17) is 14.7 Å². The lowest BCUT2D eigenvalue weighted by Crippen LogP contribution is -2.51. The number of amides is 1. The quantitative estimate of drug-likeness (QED) is 0.141. The van der Waals surface area contributed by atoms with E-state index in [0.29, 0.717) is 25.3 Å². The van der Waals surface area contributed by atoms with Gasteiger partial charge in [0.25, 0.3) is 5.56 Å². The van der Waals surface area contributed by atoms with Crippen molar-refractivity contribution in [3.8, 4) is 22.3 Å². The molecule has 3 aromatic heterocycles. The van der Waals surface area contributed by atoms with Crippen molar-refractivity contribution in [1.29, 1.82) is 0 Å². The van der Waals surface area contributed by atoms with Gasteiger partial charge in [0, 0.05) is 109 Å². The highest BCUT2D eigenvalue weighted by molar-refractivity contribution is 6.03. The number of likely N-dealkylation sites (tertiary alicyclic amines) is 1. The van der Waals surface area contributed by atoms with Crippen LogP contribution in [0.4, 0.5) is 22.1 Å².